The van der Waals surface area contributed by atoms with Gasteiger partial charge in [-0.25, -0.2) is 0 Å². The van der Waals surface area contributed by atoms with Crippen LogP contribution in [0.15, 0.2) is 27.8 Å². The van der Waals surface area contributed by atoms with Crippen LogP contribution in [0.5, 0.6) is 5.75 Å². The maximum atomic E-state index is 9.63. The van der Waals surface area contributed by atoms with E-state index in [9.17, 15) is 5.11 Å². The number of aromatic amines is 1. The normalized spacial score (nSPS) is 11.2. The van der Waals surface area contributed by atoms with Crippen molar-refractivity contribution in [2.45, 2.75) is 6.92 Å². The fourth-order valence-electron chi connectivity index (χ4n) is 1.26. The molecule has 0 bridgehead atoms. The molecule has 0 unspecified atom stereocenters. The van der Waals surface area contributed by atoms with Crippen LogP contribution in [0.3, 0.4) is 0 Å². The summed E-state index contributed by atoms with van der Waals surface area (Å²) >= 11 is 8.33. The van der Waals surface area contributed by atoms with Crippen molar-refractivity contribution in [3.8, 4) is 5.75 Å². The number of aromatic hydroxyl groups is 1. The first kappa shape index (κ1) is 12.0. The molecule has 0 saturated carbocycles. The Kier molecular flexibility index (Phi) is 3.39. The van der Waals surface area contributed by atoms with Crippen molar-refractivity contribution in [3.05, 3.63) is 38.8 Å². The lowest BCUT2D eigenvalue weighted by atomic mass is 10.2. The molecule has 2 rings (SSSR count). The van der Waals surface area contributed by atoms with Gasteiger partial charge in [0, 0.05) is 10.0 Å². The quantitative estimate of drug-likeness (QED) is 0.661. The number of aryl methyl sites for hydroxylation is 1. The summed E-state index contributed by atoms with van der Waals surface area (Å²) in [4.78, 5) is 0. The standard InChI is InChI=1S/C10H9BrN4OS/c1-6-13-14-10(17)15(6)12-5-7-4-8(11)2-3-9(7)16/h2-5,16H,1H3,(H,14,17)/b12-5-. The van der Waals surface area contributed by atoms with Gasteiger partial charge in [-0.05, 0) is 37.3 Å². The smallest absolute Gasteiger partial charge is 0.216 e. The van der Waals surface area contributed by atoms with Crippen LogP contribution in [0.1, 0.15) is 11.4 Å². The highest BCUT2D eigenvalue weighted by molar-refractivity contribution is 9.10. The van der Waals surface area contributed by atoms with Gasteiger partial charge >= 0.3 is 0 Å². The molecular formula is C10H9BrN4OS. The van der Waals surface area contributed by atoms with Crippen LogP contribution in [0, 0.1) is 11.7 Å². The number of nitrogens with one attached hydrogen (secondary N) is 1. The van der Waals surface area contributed by atoms with Crippen LogP contribution in [-0.4, -0.2) is 26.2 Å². The zero-order valence-corrected chi connectivity index (χ0v) is 11.3. The highest BCUT2D eigenvalue weighted by Gasteiger charge is 2.01. The van der Waals surface area contributed by atoms with Gasteiger partial charge in [0.25, 0.3) is 0 Å². The van der Waals surface area contributed by atoms with E-state index in [1.54, 1.807) is 25.1 Å². The van der Waals surface area contributed by atoms with Crippen LogP contribution in [-0.2, 0) is 0 Å². The Morgan fingerprint density at radius 3 is 3.00 bits per heavy atom. The predicted octanol–water partition coefficient (Wildman–Crippen LogP) is 2.60. The van der Waals surface area contributed by atoms with Crippen LogP contribution in [0.4, 0.5) is 0 Å². The van der Waals surface area contributed by atoms with Crippen LogP contribution < -0.4 is 0 Å². The highest BCUT2D eigenvalue weighted by atomic mass is 79.9. The van der Waals surface area contributed by atoms with Gasteiger partial charge in [0.15, 0.2) is 0 Å². The summed E-state index contributed by atoms with van der Waals surface area (Å²) in [6.07, 6.45) is 1.53. The fraction of sp³-hybridized carbons (Fsp3) is 0.100. The fourth-order valence-corrected chi connectivity index (χ4v) is 1.86. The van der Waals surface area contributed by atoms with E-state index in [-0.39, 0.29) is 5.75 Å². The van der Waals surface area contributed by atoms with Crippen molar-refractivity contribution in [2.24, 2.45) is 5.10 Å². The molecule has 0 fully saturated rings. The molecule has 1 aromatic heterocycles. The molecule has 1 aromatic carbocycles. The largest absolute Gasteiger partial charge is 0.507 e. The first-order valence-electron chi connectivity index (χ1n) is 4.75. The molecule has 88 valence electrons. The van der Waals surface area contributed by atoms with Crippen molar-refractivity contribution >= 4 is 34.4 Å². The molecule has 5 nitrogen and oxygen atoms in total. The zero-order valence-electron chi connectivity index (χ0n) is 8.88. The van der Waals surface area contributed by atoms with E-state index in [1.165, 1.54) is 10.9 Å². The minimum Gasteiger partial charge on any atom is -0.507 e. The number of nitrogens with zero attached hydrogens (tertiary/aromatic N) is 3. The number of benzene rings is 1. The van der Waals surface area contributed by atoms with E-state index < -0.39 is 0 Å². The molecule has 7 heteroatoms. The molecule has 0 spiro atoms. The summed E-state index contributed by atoms with van der Waals surface area (Å²) in [5.74, 6) is 0.811. The molecule has 0 saturated heterocycles. The van der Waals surface area contributed by atoms with Crippen molar-refractivity contribution in [2.75, 3.05) is 0 Å². The molecule has 2 aromatic rings. The second-order valence-electron chi connectivity index (χ2n) is 3.34. The topological polar surface area (TPSA) is 66.2 Å². The highest BCUT2D eigenvalue weighted by Crippen LogP contribution is 2.20. The minimum absolute atomic E-state index is 0.157. The third kappa shape index (κ3) is 2.62. The lowest BCUT2D eigenvalue weighted by Gasteiger charge is -1.99. The zero-order chi connectivity index (χ0) is 12.4. The number of hydrogen-bond donors (Lipinski definition) is 2. The monoisotopic (exact) mass is 312 g/mol. The Morgan fingerprint density at radius 1 is 1.59 bits per heavy atom. The Bertz CT molecular complexity index is 631. The van der Waals surface area contributed by atoms with Crippen molar-refractivity contribution in [1.29, 1.82) is 0 Å². The summed E-state index contributed by atoms with van der Waals surface area (Å²) < 4.78 is 2.76. The van der Waals surface area contributed by atoms with Gasteiger partial charge in [-0.3, -0.25) is 5.10 Å². The lowest BCUT2D eigenvalue weighted by Crippen LogP contribution is -1.94. The number of rotatable bonds is 2. The first-order chi connectivity index (χ1) is 8.08. The van der Waals surface area contributed by atoms with Gasteiger partial charge < -0.3 is 5.11 Å². The van der Waals surface area contributed by atoms with Gasteiger partial charge in [-0.1, -0.05) is 15.9 Å². The van der Waals surface area contributed by atoms with Crippen molar-refractivity contribution in [3.63, 3.8) is 0 Å². The Hall–Kier alpha value is -1.47. The third-order valence-corrected chi connectivity index (χ3v) is 2.87. The molecule has 0 amide bonds. The SMILES string of the molecule is Cc1n[nH]c(=S)n1/N=C\c1cc(Br)ccc1O. The van der Waals surface area contributed by atoms with E-state index in [0.717, 1.165) is 4.47 Å². The van der Waals surface area contributed by atoms with E-state index in [0.29, 0.717) is 16.2 Å². The maximum Gasteiger partial charge on any atom is 0.216 e. The third-order valence-electron chi connectivity index (χ3n) is 2.11. The average Bonchev–Trinajstić information content (AvgIpc) is 2.61. The molecule has 0 atom stereocenters. The van der Waals surface area contributed by atoms with Crippen molar-refractivity contribution in [1.82, 2.24) is 14.9 Å². The molecule has 1 heterocycles. The number of hydrogen-bond acceptors (Lipinski definition) is 4. The molecule has 0 aliphatic heterocycles. The predicted molar refractivity (Wildman–Crippen MR) is 70.9 cm³/mol. The van der Waals surface area contributed by atoms with Crippen LogP contribution in [0.25, 0.3) is 0 Å². The number of halogens is 1. The summed E-state index contributed by atoms with van der Waals surface area (Å²) in [7, 11) is 0. The Balaban J connectivity index is 2.39. The van der Waals surface area contributed by atoms with Crippen LogP contribution in [0.2, 0.25) is 0 Å². The number of phenols is 1. The summed E-state index contributed by atoms with van der Waals surface area (Å²) in [5, 5.41) is 20.3. The first-order valence-corrected chi connectivity index (χ1v) is 5.95. The van der Waals surface area contributed by atoms with Gasteiger partial charge in [0.2, 0.25) is 4.77 Å². The lowest BCUT2D eigenvalue weighted by molar-refractivity contribution is 0.474. The Labute approximate surface area is 111 Å². The van der Waals surface area contributed by atoms with Gasteiger partial charge in [-0.15, -0.1) is 0 Å². The number of phenolic OH excluding ortho intramolecular Hbond substituents is 1. The Morgan fingerprint density at radius 2 is 2.35 bits per heavy atom. The van der Waals surface area contributed by atoms with Gasteiger partial charge in [-0.2, -0.15) is 14.9 Å². The van der Waals surface area contributed by atoms with Gasteiger partial charge in [0.1, 0.15) is 11.6 Å². The second kappa shape index (κ2) is 4.80. The van der Waals surface area contributed by atoms with E-state index in [1.807, 2.05) is 0 Å². The van der Waals surface area contributed by atoms with Crippen molar-refractivity contribution < 1.29 is 5.11 Å². The summed E-state index contributed by atoms with van der Waals surface area (Å²) in [5.41, 5.74) is 0.599. The summed E-state index contributed by atoms with van der Waals surface area (Å²) in [6.45, 7) is 1.78. The number of H-pyrrole nitrogens is 1. The average molecular weight is 313 g/mol. The summed E-state index contributed by atoms with van der Waals surface area (Å²) in [6, 6.07) is 5.10. The minimum atomic E-state index is 0.157. The van der Waals surface area contributed by atoms with Crippen LogP contribution >= 0.6 is 28.1 Å². The van der Waals surface area contributed by atoms with E-state index in [4.69, 9.17) is 12.2 Å². The molecule has 2 N–H and O–H groups in total. The molecule has 17 heavy (non-hydrogen) atoms. The van der Waals surface area contributed by atoms with Gasteiger partial charge in [0.05, 0.1) is 6.21 Å². The van der Waals surface area contributed by atoms with E-state index >= 15 is 0 Å². The molecule has 0 radical (unpaired) electrons. The number of aromatic nitrogens is 3. The maximum absolute atomic E-state index is 9.63. The van der Waals surface area contributed by atoms with E-state index in [2.05, 4.69) is 31.2 Å². The molecule has 0 aliphatic rings. The molecule has 0 aliphatic carbocycles. The molecular weight excluding hydrogens is 304 g/mol. The second-order valence-corrected chi connectivity index (χ2v) is 4.64.